The van der Waals surface area contributed by atoms with Crippen molar-refractivity contribution in [2.24, 2.45) is 0 Å². The Balaban J connectivity index is 2.32. The van der Waals surface area contributed by atoms with Crippen molar-refractivity contribution in [3.63, 3.8) is 0 Å². The Hall–Kier alpha value is -1.88. The maximum absolute atomic E-state index is 11.9. The second-order valence-corrected chi connectivity index (χ2v) is 4.24. The van der Waals surface area contributed by atoms with E-state index in [0.717, 1.165) is 0 Å². The van der Waals surface area contributed by atoms with E-state index in [4.69, 9.17) is 4.74 Å². The van der Waals surface area contributed by atoms with Crippen LogP contribution >= 0.6 is 0 Å². The van der Waals surface area contributed by atoms with Crippen LogP contribution in [-0.4, -0.2) is 41.6 Å². The molecule has 0 bridgehead atoms. The van der Waals surface area contributed by atoms with Crippen LogP contribution in [0.1, 0.15) is 18.0 Å². The van der Waals surface area contributed by atoms with E-state index in [9.17, 15) is 14.7 Å². The highest BCUT2D eigenvalue weighted by atomic mass is 16.5. The molecule has 0 aliphatic carbocycles. The van der Waals surface area contributed by atoms with Gasteiger partial charge in [-0.15, -0.1) is 0 Å². The van der Waals surface area contributed by atoms with E-state index in [0.29, 0.717) is 5.56 Å². The number of rotatable bonds is 3. The number of hydrogen-bond donors (Lipinski definition) is 1. The van der Waals surface area contributed by atoms with Gasteiger partial charge in [-0.2, -0.15) is 0 Å². The fraction of sp³-hybridized carbons (Fsp3) is 0.385. The summed E-state index contributed by atoms with van der Waals surface area (Å²) >= 11 is 0. The molecule has 1 aliphatic rings. The molecule has 1 N–H and O–H groups in total. The summed E-state index contributed by atoms with van der Waals surface area (Å²) in [5, 5.41) is 9.51. The zero-order valence-corrected chi connectivity index (χ0v) is 10.1. The summed E-state index contributed by atoms with van der Waals surface area (Å²) in [5.41, 5.74) is 0.687. The molecule has 2 atom stereocenters. The number of carbonyl (C=O) groups is 2. The Morgan fingerprint density at radius 1 is 1.44 bits per heavy atom. The largest absolute Gasteiger partial charge is 0.467 e. The zero-order chi connectivity index (χ0) is 13.1. The first-order valence-corrected chi connectivity index (χ1v) is 5.73. The molecule has 1 heterocycles. The molecule has 5 nitrogen and oxygen atoms in total. The number of likely N-dealkylation sites (tertiary alicyclic amines) is 1. The third-order valence-corrected chi connectivity index (χ3v) is 2.99. The van der Waals surface area contributed by atoms with Gasteiger partial charge in [0.2, 0.25) is 5.91 Å². The van der Waals surface area contributed by atoms with Crippen molar-refractivity contribution in [2.75, 3.05) is 13.7 Å². The van der Waals surface area contributed by atoms with Crippen LogP contribution < -0.4 is 0 Å². The number of esters is 1. The Morgan fingerprint density at radius 3 is 2.61 bits per heavy atom. The fourth-order valence-electron chi connectivity index (χ4n) is 2.15. The van der Waals surface area contributed by atoms with Crippen molar-refractivity contribution >= 4 is 11.9 Å². The molecule has 2 unspecified atom stereocenters. The smallest absolute Gasteiger partial charge is 0.333 e. The maximum atomic E-state index is 11.9. The molecule has 1 aromatic carbocycles. The number of aliphatic hydroxyl groups excluding tert-OH is 1. The lowest BCUT2D eigenvalue weighted by atomic mass is 10.1. The maximum Gasteiger partial charge on any atom is 0.333 e. The Bertz CT molecular complexity index is 446. The van der Waals surface area contributed by atoms with E-state index in [-0.39, 0.29) is 18.9 Å². The molecule has 18 heavy (non-hydrogen) atoms. The van der Waals surface area contributed by atoms with Gasteiger partial charge >= 0.3 is 5.97 Å². The fourth-order valence-corrected chi connectivity index (χ4v) is 2.15. The summed E-state index contributed by atoms with van der Waals surface area (Å²) in [4.78, 5) is 25.0. The first-order valence-electron chi connectivity index (χ1n) is 5.73. The van der Waals surface area contributed by atoms with Gasteiger partial charge in [-0.05, 0) is 5.56 Å². The summed E-state index contributed by atoms with van der Waals surface area (Å²) in [6.07, 6.45) is -0.659. The minimum Gasteiger partial charge on any atom is -0.467 e. The Morgan fingerprint density at radius 2 is 2.11 bits per heavy atom. The van der Waals surface area contributed by atoms with E-state index in [1.54, 1.807) is 24.3 Å². The standard InChI is InChI=1S/C13H15NO4/c1-18-13(17)12(9-5-3-2-4-6-9)14-8-10(15)7-11(14)16/h2-6,10,12,15H,7-8H2,1H3. The number of benzene rings is 1. The quantitative estimate of drug-likeness (QED) is 0.792. The predicted octanol–water partition coefficient (Wildman–Crippen LogP) is 0.494. The highest BCUT2D eigenvalue weighted by Crippen LogP contribution is 2.27. The average molecular weight is 249 g/mol. The molecule has 0 spiro atoms. The second-order valence-electron chi connectivity index (χ2n) is 4.24. The number of carbonyl (C=O) groups excluding carboxylic acids is 2. The monoisotopic (exact) mass is 249 g/mol. The van der Waals surface area contributed by atoms with Crippen LogP contribution in [0.25, 0.3) is 0 Å². The van der Waals surface area contributed by atoms with Gasteiger partial charge in [0.25, 0.3) is 0 Å². The molecule has 0 saturated carbocycles. The number of nitrogens with zero attached hydrogens (tertiary/aromatic N) is 1. The van der Waals surface area contributed by atoms with Crippen LogP contribution in [-0.2, 0) is 14.3 Å². The minimum absolute atomic E-state index is 0.0559. The third kappa shape index (κ3) is 2.36. The van der Waals surface area contributed by atoms with Gasteiger partial charge in [-0.1, -0.05) is 30.3 Å². The van der Waals surface area contributed by atoms with Crippen LogP contribution in [0.5, 0.6) is 0 Å². The lowest BCUT2D eigenvalue weighted by molar-refractivity contribution is -0.151. The summed E-state index contributed by atoms with van der Waals surface area (Å²) in [5.74, 6) is -0.731. The van der Waals surface area contributed by atoms with Gasteiger partial charge in [0.1, 0.15) is 0 Å². The normalized spacial score (nSPS) is 20.9. The van der Waals surface area contributed by atoms with E-state index >= 15 is 0 Å². The molecular formula is C13H15NO4. The lowest BCUT2D eigenvalue weighted by Gasteiger charge is -2.25. The van der Waals surface area contributed by atoms with Crippen LogP contribution in [0.4, 0.5) is 0 Å². The highest BCUT2D eigenvalue weighted by molar-refractivity contribution is 5.87. The zero-order valence-electron chi connectivity index (χ0n) is 10.1. The number of β-amino-alcohol motifs (C(OH)–C–C–N with tert-alkyl or cyclic N) is 1. The van der Waals surface area contributed by atoms with Crippen molar-refractivity contribution in [1.29, 1.82) is 0 Å². The van der Waals surface area contributed by atoms with E-state index in [1.807, 2.05) is 6.07 Å². The van der Waals surface area contributed by atoms with Crippen molar-refractivity contribution in [2.45, 2.75) is 18.6 Å². The molecule has 0 radical (unpaired) electrons. The summed E-state index contributed by atoms with van der Waals surface area (Å²) in [7, 11) is 1.29. The SMILES string of the molecule is COC(=O)C(c1ccccc1)N1CC(O)CC1=O. The molecule has 96 valence electrons. The van der Waals surface area contributed by atoms with Crippen LogP contribution in [0, 0.1) is 0 Å². The Labute approximate surface area is 105 Å². The van der Waals surface area contributed by atoms with Gasteiger partial charge in [0, 0.05) is 6.54 Å². The van der Waals surface area contributed by atoms with Crippen molar-refractivity contribution in [1.82, 2.24) is 4.90 Å². The molecule has 1 fully saturated rings. The number of aliphatic hydroxyl groups is 1. The molecule has 1 aromatic rings. The molecule has 1 saturated heterocycles. The number of hydrogen-bond acceptors (Lipinski definition) is 4. The van der Waals surface area contributed by atoms with Gasteiger partial charge in [-0.3, -0.25) is 4.79 Å². The van der Waals surface area contributed by atoms with E-state index in [1.165, 1.54) is 12.0 Å². The van der Waals surface area contributed by atoms with E-state index < -0.39 is 18.1 Å². The summed E-state index contributed by atoms with van der Waals surface area (Å²) in [6, 6.07) is 8.17. The second kappa shape index (κ2) is 5.18. The van der Waals surface area contributed by atoms with Crippen LogP contribution in [0.15, 0.2) is 30.3 Å². The van der Waals surface area contributed by atoms with Crippen molar-refractivity contribution < 1.29 is 19.4 Å². The number of methoxy groups -OCH3 is 1. The minimum atomic E-state index is -0.777. The molecule has 1 amide bonds. The Kier molecular flexibility index (Phi) is 3.62. The average Bonchev–Trinajstić information content (AvgIpc) is 2.70. The first kappa shape index (κ1) is 12.6. The molecule has 1 aliphatic heterocycles. The highest BCUT2D eigenvalue weighted by Gasteiger charge is 2.38. The molecular weight excluding hydrogens is 234 g/mol. The molecule has 0 aromatic heterocycles. The lowest BCUT2D eigenvalue weighted by Crippen LogP contribution is -2.36. The van der Waals surface area contributed by atoms with Gasteiger partial charge in [0.05, 0.1) is 19.6 Å². The number of amides is 1. The topological polar surface area (TPSA) is 66.8 Å². The van der Waals surface area contributed by atoms with Gasteiger partial charge in [-0.25, -0.2) is 4.79 Å². The van der Waals surface area contributed by atoms with Crippen LogP contribution in [0.3, 0.4) is 0 Å². The van der Waals surface area contributed by atoms with Gasteiger partial charge < -0.3 is 14.7 Å². The van der Waals surface area contributed by atoms with Crippen molar-refractivity contribution in [3.8, 4) is 0 Å². The number of ether oxygens (including phenoxy) is 1. The summed E-state index contributed by atoms with van der Waals surface area (Å²) in [6.45, 7) is 0.160. The van der Waals surface area contributed by atoms with E-state index in [2.05, 4.69) is 0 Å². The van der Waals surface area contributed by atoms with Gasteiger partial charge in [0.15, 0.2) is 6.04 Å². The molecule has 5 heteroatoms. The molecule has 2 rings (SSSR count). The van der Waals surface area contributed by atoms with Crippen molar-refractivity contribution in [3.05, 3.63) is 35.9 Å². The summed E-state index contributed by atoms with van der Waals surface area (Å²) < 4.78 is 4.75. The predicted molar refractivity (Wildman–Crippen MR) is 63.5 cm³/mol. The third-order valence-electron chi connectivity index (χ3n) is 2.99. The van der Waals surface area contributed by atoms with Crippen LogP contribution in [0.2, 0.25) is 0 Å². The first-order chi connectivity index (χ1) is 8.63.